The number of nitrogens with one attached hydrogen (secondary N) is 2. The van der Waals surface area contributed by atoms with Gasteiger partial charge in [0.15, 0.2) is 11.2 Å². The maximum absolute atomic E-state index is 12.1. The Balaban J connectivity index is 2.01. The molecule has 1 unspecified atom stereocenters. The van der Waals surface area contributed by atoms with Crippen LogP contribution >= 0.6 is 0 Å². The Bertz CT molecular complexity index is 780. The van der Waals surface area contributed by atoms with E-state index < -0.39 is 0 Å². The van der Waals surface area contributed by atoms with Crippen molar-refractivity contribution >= 4 is 17.1 Å². The molecule has 0 bridgehead atoms. The van der Waals surface area contributed by atoms with Crippen molar-refractivity contribution in [3.8, 4) is 0 Å². The number of anilines is 1. The predicted molar refractivity (Wildman–Crippen MR) is 80.9 cm³/mol. The smallest absolute Gasteiger partial charge is 0.332 e. The van der Waals surface area contributed by atoms with E-state index in [9.17, 15) is 9.59 Å². The molecule has 3 heterocycles. The molecule has 0 aliphatic carbocycles. The lowest BCUT2D eigenvalue weighted by Gasteiger charge is -2.20. The standard InChI is InChI=1S/C13H20N6O2/c1-17(7-8-5-4-6-14-8)12-15-9-10(16-12)18(2)13(21)19(3)11(9)20/h8,14H,4-7H2,1-3H3,(H,15,16). The third kappa shape index (κ3) is 2.25. The molecule has 2 aromatic rings. The molecule has 114 valence electrons. The fraction of sp³-hybridized carbons (Fsp3) is 0.615. The topological polar surface area (TPSA) is 88.0 Å². The molecule has 0 amide bonds. The van der Waals surface area contributed by atoms with E-state index in [-0.39, 0.29) is 11.2 Å². The van der Waals surface area contributed by atoms with Crippen molar-refractivity contribution < 1.29 is 0 Å². The van der Waals surface area contributed by atoms with Gasteiger partial charge in [-0.05, 0) is 19.4 Å². The van der Waals surface area contributed by atoms with Gasteiger partial charge in [-0.15, -0.1) is 0 Å². The summed E-state index contributed by atoms with van der Waals surface area (Å²) in [6.07, 6.45) is 2.33. The number of imidazole rings is 1. The largest absolute Gasteiger partial charge is 0.344 e. The Morgan fingerprint density at radius 1 is 1.33 bits per heavy atom. The van der Waals surface area contributed by atoms with Crippen LogP contribution in [0.15, 0.2) is 9.59 Å². The SMILES string of the molecule is CN(CC1CCCN1)c1nc2c([nH]1)c(=O)n(C)c(=O)n2C. The molecule has 3 rings (SSSR count). The van der Waals surface area contributed by atoms with Crippen LogP contribution in [0.1, 0.15) is 12.8 Å². The number of aromatic nitrogens is 4. The summed E-state index contributed by atoms with van der Waals surface area (Å²) in [5.74, 6) is 0.608. The van der Waals surface area contributed by atoms with Gasteiger partial charge in [-0.1, -0.05) is 0 Å². The highest BCUT2D eigenvalue weighted by atomic mass is 16.2. The van der Waals surface area contributed by atoms with Crippen molar-refractivity contribution in [2.24, 2.45) is 14.1 Å². The number of aromatic amines is 1. The second-order valence-electron chi connectivity index (χ2n) is 5.64. The summed E-state index contributed by atoms with van der Waals surface area (Å²) in [7, 11) is 5.02. The third-order valence-corrected chi connectivity index (χ3v) is 4.10. The van der Waals surface area contributed by atoms with Crippen molar-refractivity contribution in [1.82, 2.24) is 24.4 Å². The van der Waals surface area contributed by atoms with Gasteiger partial charge in [-0.25, -0.2) is 4.79 Å². The van der Waals surface area contributed by atoms with Crippen LogP contribution in [-0.2, 0) is 14.1 Å². The summed E-state index contributed by atoms with van der Waals surface area (Å²) in [6.45, 7) is 1.86. The second-order valence-corrected chi connectivity index (χ2v) is 5.64. The maximum atomic E-state index is 12.1. The number of H-pyrrole nitrogens is 1. The van der Waals surface area contributed by atoms with E-state index in [4.69, 9.17) is 0 Å². The number of fused-ring (bicyclic) bond motifs is 1. The minimum absolute atomic E-state index is 0.348. The average Bonchev–Trinajstić information content (AvgIpc) is 3.11. The molecule has 0 aromatic carbocycles. The first kappa shape index (κ1) is 13.9. The van der Waals surface area contributed by atoms with Crippen LogP contribution in [0.3, 0.4) is 0 Å². The van der Waals surface area contributed by atoms with Gasteiger partial charge in [0, 0.05) is 33.7 Å². The first-order valence-electron chi connectivity index (χ1n) is 7.09. The van der Waals surface area contributed by atoms with E-state index in [2.05, 4.69) is 15.3 Å². The van der Waals surface area contributed by atoms with Crippen LogP contribution in [0.25, 0.3) is 11.2 Å². The van der Waals surface area contributed by atoms with Gasteiger partial charge >= 0.3 is 5.69 Å². The van der Waals surface area contributed by atoms with Gasteiger partial charge in [0.1, 0.15) is 0 Å². The molecular weight excluding hydrogens is 272 g/mol. The summed E-state index contributed by atoms with van der Waals surface area (Å²) in [6, 6.07) is 0.440. The average molecular weight is 292 g/mol. The lowest BCUT2D eigenvalue weighted by molar-refractivity contribution is 0.595. The molecule has 1 fully saturated rings. The maximum Gasteiger partial charge on any atom is 0.332 e. The number of rotatable bonds is 3. The summed E-state index contributed by atoms with van der Waals surface area (Å²) in [5, 5.41) is 3.43. The van der Waals surface area contributed by atoms with Crippen LogP contribution in [0, 0.1) is 0 Å². The van der Waals surface area contributed by atoms with Crippen molar-refractivity contribution in [2.45, 2.75) is 18.9 Å². The highest BCUT2D eigenvalue weighted by Crippen LogP contribution is 2.14. The van der Waals surface area contributed by atoms with Crippen molar-refractivity contribution in [3.63, 3.8) is 0 Å². The lowest BCUT2D eigenvalue weighted by atomic mass is 10.2. The number of likely N-dealkylation sites (N-methyl/N-ethyl adjacent to an activating group) is 1. The van der Waals surface area contributed by atoms with E-state index >= 15 is 0 Å². The number of hydrogen-bond acceptors (Lipinski definition) is 5. The summed E-state index contributed by atoms with van der Waals surface area (Å²) >= 11 is 0. The summed E-state index contributed by atoms with van der Waals surface area (Å²) < 4.78 is 2.47. The molecule has 0 saturated carbocycles. The molecular formula is C13H20N6O2. The monoisotopic (exact) mass is 292 g/mol. The highest BCUT2D eigenvalue weighted by Gasteiger charge is 2.19. The molecule has 0 radical (unpaired) electrons. The zero-order valence-electron chi connectivity index (χ0n) is 12.5. The zero-order chi connectivity index (χ0) is 15.1. The fourth-order valence-corrected chi connectivity index (χ4v) is 2.82. The van der Waals surface area contributed by atoms with Gasteiger partial charge in [-0.2, -0.15) is 4.98 Å². The molecule has 1 aliphatic heterocycles. The Morgan fingerprint density at radius 3 is 2.76 bits per heavy atom. The fourth-order valence-electron chi connectivity index (χ4n) is 2.82. The van der Waals surface area contributed by atoms with Crippen molar-refractivity contribution in [1.29, 1.82) is 0 Å². The Kier molecular flexibility index (Phi) is 3.32. The number of aryl methyl sites for hydroxylation is 1. The van der Waals surface area contributed by atoms with Crippen molar-refractivity contribution in [3.05, 3.63) is 20.8 Å². The van der Waals surface area contributed by atoms with Crippen LogP contribution in [0.4, 0.5) is 5.95 Å². The third-order valence-electron chi connectivity index (χ3n) is 4.10. The Hall–Kier alpha value is -2.09. The quantitative estimate of drug-likeness (QED) is 0.769. The molecule has 2 aromatic heterocycles. The highest BCUT2D eigenvalue weighted by molar-refractivity contribution is 5.72. The van der Waals surface area contributed by atoms with E-state index in [0.717, 1.165) is 24.1 Å². The lowest BCUT2D eigenvalue weighted by Crippen LogP contribution is -2.36. The normalized spacial score (nSPS) is 18.5. The minimum atomic E-state index is -0.370. The molecule has 8 nitrogen and oxygen atoms in total. The summed E-state index contributed by atoms with van der Waals surface area (Å²) in [5.41, 5.74) is 0.0371. The predicted octanol–water partition coefficient (Wildman–Crippen LogP) is -0.851. The zero-order valence-corrected chi connectivity index (χ0v) is 12.5. The van der Waals surface area contributed by atoms with Crippen LogP contribution in [0.5, 0.6) is 0 Å². The second kappa shape index (κ2) is 5.03. The van der Waals surface area contributed by atoms with Crippen LogP contribution in [0.2, 0.25) is 0 Å². The van der Waals surface area contributed by atoms with Crippen molar-refractivity contribution in [2.75, 3.05) is 25.0 Å². The van der Waals surface area contributed by atoms with Crippen LogP contribution < -0.4 is 21.5 Å². The minimum Gasteiger partial charge on any atom is -0.344 e. The molecule has 2 N–H and O–H groups in total. The van der Waals surface area contributed by atoms with Crippen LogP contribution in [-0.4, -0.2) is 45.3 Å². The Labute approximate surface area is 121 Å². The molecule has 1 aliphatic rings. The van der Waals surface area contributed by atoms with E-state index in [0.29, 0.717) is 23.2 Å². The van der Waals surface area contributed by atoms with Gasteiger partial charge < -0.3 is 15.2 Å². The van der Waals surface area contributed by atoms with Gasteiger partial charge in [0.25, 0.3) is 5.56 Å². The molecule has 1 saturated heterocycles. The van der Waals surface area contributed by atoms with Gasteiger partial charge in [-0.3, -0.25) is 13.9 Å². The first-order valence-corrected chi connectivity index (χ1v) is 7.09. The van der Waals surface area contributed by atoms with Gasteiger partial charge in [0.2, 0.25) is 5.95 Å². The number of hydrogen-bond donors (Lipinski definition) is 2. The molecule has 8 heteroatoms. The first-order chi connectivity index (χ1) is 9.99. The number of nitrogens with zero attached hydrogens (tertiary/aromatic N) is 4. The molecule has 21 heavy (non-hydrogen) atoms. The van der Waals surface area contributed by atoms with Gasteiger partial charge in [0.05, 0.1) is 0 Å². The summed E-state index contributed by atoms with van der Waals surface area (Å²) in [4.78, 5) is 33.5. The molecule has 0 spiro atoms. The van der Waals surface area contributed by atoms with E-state index in [1.54, 1.807) is 7.05 Å². The van der Waals surface area contributed by atoms with E-state index in [1.165, 1.54) is 18.0 Å². The van der Waals surface area contributed by atoms with E-state index in [1.807, 2.05) is 11.9 Å². The Morgan fingerprint density at radius 2 is 2.10 bits per heavy atom. The molecule has 1 atom stereocenters.